The quantitative estimate of drug-likeness (QED) is 0.324. The van der Waals surface area contributed by atoms with Gasteiger partial charge in [0.05, 0.1) is 34.4 Å². The van der Waals surface area contributed by atoms with Crippen LogP contribution in [0, 0.1) is 0 Å². The topological polar surface area (TPSA) is 95.1 Å². The standard InChI is InChI=1S/C34H30N2O6/c1-39-26-15-9-12-21(28(26)41-3)30-33(31(37)19-10-5-7-13-24(19)35-33)18-22-23(16-17-27(40-2)29(22)42-4)34(30)32(38)20-11-6-8-14-25(20)36-34/h5-17,30,35-36H,18H2,1-4H3/t30-,33+,34+/m0/s1. The molecule has 0 aromatic heterocycles. The van der Waals surface area contributed by atoms with Crippen LogP contribution in [-0.2, 0) is 12.0 Å². The molecule has 8 heteroatoms. The number of carbonyl (C=O) groups is 2. The van der Waals surface area contributed by atoms with Crippen LogP contribution in [0.5, 0.6) is 23.0 Å². The van der Waals surface area contributed by atoms with Crippen LogP contribution in [0.4, 0.5) is 11.4 Å². The van der Waals surface area contributed by atoms with Crippen molar-refractivity contribution in [1.29, 1.82) is 0 Å². The number of ether oxygens (including phenoxy) is 4. The van der Waals surface area contributed by atoms with Crippen molar-refractivity contribution in [3.05, 3.63) is 107 Å². The molecule has 0 unspecified atom stereocenters. The van der Waals surface area contributed by atoms with Crippen molar-refractivity contribution < 1.29 is 28.5 Å². The summed E-state index contributed by atoms with van der Waals surface area (Å²) in [5.74, 6) is 0.930. The molecule has 2 spiro atoms. The van der Waals surface area contributed by atoms with Gasteiger partial charge in [-0.3, -0.25) is 9.59 Å². The Morgan fingerprint density at radius 3 is 1.88 bits per heavy atom. The average molecular weight is 563 g/mol. The molecule has 0 saturated heterocycles. The Balaban J connectivity index is 1.63. The van der Waals surface area contributed by atoms with Crippen molar-refractivity contribution in [2.24, 2.45) is 0 Å². The Hall–Kier alpha value is -4.98. The van der Waals surface area contributed by atoms with E-state index in [1.807, 2.05) is 78.9 Å². The number of methoxy groups -OCH3 is 4. The fraction of sp³-hybridized carbons (Fsp3) is 0.235. The number of nitrogens with one attached hydrogen (secondary N) is 2. The molecule has 8 nitrogen and oxygen atoms in total. The van der Waals surface area contributed by atoms with Gasteiger partial charge in [0.25, 0.3) is 0 Å². The van der Waals surface area contributed by atoms with Crippen molar-refractivity contribution in [3.63, 3.8) is 0 Å². The summed E-state index contributed by atoms with van der Waals surface area (Å²) in [7, 11) is 6.30. The first-order chi connectivity index (χ1) is 20.4. The number of hydrogen-bond acceptors (Lipinski definition) is 8. The van der Waals surface area contributed by atoms with Crippen molar-refractivity contribution in [2.45, 2.75) is 23.4 Å². The predicted octanol–water partition coefficient (Wildman–Crippen LogP) is 5.61. The van der Waals surface area contributed by atoms with Crippen LogP contribution in [0.15, 0.2) is 78.9 Å². The van der Waals surface area contributed by atoms with E-state index >= 15 is 4.79 Å². The Morgan fingerprint density at radius 1 is 0.643 bits per heavy atom. The second kappa shape index (κ2) is 9.27. The van der Waals surface area contributed by atoms with E-state index in [2.05, 4.69) is 10.6 Å². The van der Waals surface area contributed by atoms with E-state index in [0.717, 1.165) is 5.56 Å². The molecule has 2 N–H and O–H groups in total. The molecule has 4 aromatic carbocycles. The van der Waals surface area contributed by atoms with Gasteiger partial charge < -0.3 is 29.6 Å². The number of Topliss-reactive ketones (excluding diaryl/α,β-unsaturated/α-hetero) is 2. The van der Waals surface area contributed by atoms with Gasteiger partial charge >= 0.3 is 0 Å². The minimum atomic E-state index is -1.42. The minimum absolute atomic E-state index is 0.117. The van der Waals surface area contributed by atoms with Gasteiger partial charge in [0.1, 0.15) is 11.1 Å². The first-order valence-corrected chi connectivity index (χ1v) is 13.7. The summed E-state index contributed by atoms with van der Waals surface area (Å²) in [5, 5.41) is 7.28. The summed E-state index contributed by atoms with van der Waals surface area (Å²) in [5.41, 5.74) is 1.89. The van der Waals surface area contributed by atoms with Gasteiger partial charge in [0, 0.05) is 40.0 Å². The maximum absolute atomic E-state index is 15.0. The number of anilines is 2. The third-order valence-electron chi connectivity index (χ3n) is 9.00. The molecule has 7 rings (SSSR count). The number of hydrogen-bond donors (Lipinski definition) is 2. The molecule has 1 aliphatic carbocycles. The zero-order valence-corrected chi connectivity index (χ0v) is 23.7. The fourth-order valence-electron chi connectivity index (χ4n) is 7.40. The lowest BCUT2D eigenvalue weighted by atomic mass is 9.55. The summed E-state index contributed by atoms with van der Waals surface area (Å²) in [6.07, 6.45) is 0.230. The molecule has 0 saturated carbocycles. The van der Waals surface area contributed by atoms with Gasteiger partial charge in [-0.1, -0.05) is 42.5 Å². The van der Waals surface area contributed by atoms with Gasteiger partial charge in [-0.2, -0.15) is 0 Å². The average Bonchev–Trinajstić information content (AvgIpc) is 3.47. The van der Waals surface area contributed by atoms with E-state index in [-0.39, 0.29) is 18.0 Å². The normalized spacial score (nSPS) is 23.1. The van der Waals surface area contributed by atoms with Crippen LogP contribution < -0.4 is 29.6 Å². The lowest BCUT2D eigenvalue weighted by molar-refractivity contribution is 0.0773. The summed E-state index contributed by atoms with van der Waals surface area (Å²) in [4.78, 5) is 29.9. The molecule has 0 amide bonds. The van der Waals surface area contributed by atoms with E-state index in [0.29, 0.717) is 56.6 Å². The Kier molecular flexibility index (Phi) is 5.73. The van der Waals surface area contributed by atoms with Crippen LogP contribution in [0.2, 0.25) is 0 Å². The summed E-state index contributed by atoms with van der Waals surface area (Å²) < 4.78 is 23.3. The zero-order chi connectivity index (χ0) is 29.2. The lowest BCUT2D eigenvalue weighted by Crippen LogP contribution is -2.63. The van der Waals surface area contributed by atoms with E-state index in [4.69, 9.17) is 18.9 Å². The zero-order valence-electron chi connectivity index (χ0n) is 23.7. The van der Waals surface area contributed by atoms with Crippen LogP contribution in [-0.4, -0.2) is 45.5 Å². The highest BCUT2D eigenvalue weighted by Crippen LogP contribution is 2.63. The number of benzene rings is 4. The van der Waals surface area contributed by atoms with Gasteiger partial charge in [-0.05, 0) is 42.0 Å². The molecule has 0 radical (unpaired) electrons. The van der Waals surface area contributed by atoms with Gasteiger partial charge in [0.15, 0.2) is 34.6 Å². The fourth-order valence-corrected chi connectivity index (χ4v) is 7.40. The van der Waals surface area contributed by atoms with Crippen LogP contribution in [0.3, 0.4) is 0 Å². The second-order valence-electron chi connectivity index (χ2n) is 10.8. The lowest BCUT2D eigenvalue weighted by Gasteiger charge is -2.52. The number of rotatable bonds is 5. The highest BCUT2D eigenvalue weighted by molar-refractivity contribution is 6.19. The largest absolute Gasteiger partial charge is 0.493 e. The molecule has 2 heterocycles. The number of para-hydroxylation sites is 3. The van der Waals surface area contributed by atoms with E-state index in [9.17, 15) is 4.79 Å². The predicted molar refractivity (Wildman–Crippen MR) is 159 cm³/mol. The highest BCUT2D eigenvalue weighted by Gasteiger charge is 2.68. The van der Waals surface area contributed by atoms with Crippen molar-refractivity contribution in [1.82, 2.24) is 0 Å². The minimum Gasteiger partial charge on any atom is -0.493 e. The number of fused-ring (bicyclic) bond motifs is 4. The number of carbonyl (C=O) groups excluding carboxylic acids is 2. The summed E-state index contributed by atoms with van der Waals surface area (Å²) in [6.45, 7) is 0. The monoisotopic (exact) mass is 562 g/mol. The molecule has 42 heavy (non-hydrogen) atoms. The molecule has 212 valence electrons. The summed E-state index contributed by atoms with van der Waals surface area (Å²) >= 11 is 0. The maximum Gasteiger partial charge on any atom is 0.195 e. The molecule has 0 bridgehead atoms. The molecule has 3 atom stereocenters. The Bertz CT molecular complexity index is 1780. The summed E-state index contributed by atoms with van der Waals surface area (Å²) in [6, 6.07) is 24.2. The third-order valence-corrected chi connectivity index (χ3v) is 9.00. The molecule has 0 fully saturated rings. The van der Waals surface area contributed by atoms with Crippen LogP contribution in [0.1, 0.15) is 43.3 Å². The highest BCUT2D eigenvalue weighted by atomic mass is 16.5. The van der Waals surface area contributed by atoms with E-state index in [1.165, 1.54) is 0 Å². The van der Waals surface area contributed by atoms with Crippen molar-refractivity contribution >= 4 is 22.9 Å². The number of ketones is 2. The van der Waals surface area contributed by atoms with E-state index < -0.39 is 17.0 Å². The van der Waals surface area contributed by atoms with Gasteiger partial charge in [0.2, 0.25) is 0 Å². The van der Waals surface area contributed by atoms with Crippen molar-refractivity contribution in [3.8, 4) is 23.0 Å². The first kappa shape index (κ1) is 26.0. The van der Waals surface area contributed by atoms with Crippen molar-refractivity contribution in [2.75, 3.05) is 39.1 Å². The van der Waals surface area contributed by atoms with Crippen LogP contribution in [0.25, 0.3) is 0 Å². The van der Waals surface area contributed by atoms with Gasteiger partial charge in [-0.15, -0.1) is 0 Å². The molecule has 4 aromatic rings. The van der Waals surface area contributed by atoms with Gasteiger partial charge in [-0.25, -0.2) is 0 Å². The second-order valence-corrected chi connectivity index (χ2v) is 10.8. The molecule has 3 aliphatic rings. The first-order valence-electron chi connectivity index (χ1n) is 13.7. The Morgan fingerprint density at radius 2 is 1.26 bits per heavy atom. The van der Waals surface area contributed by atoms with Crippen LogP contribution >= 0.6 is 0 Å². The third kappa shape index (κ3) is 3.17. The SMILES string of the molecule is COc1cccc([C@H]2[C@@]3(Cc4c(ccc(OC)c4OC)[C@@]24Nc2ccccc2C4=O)Nc2ccccc2C3=O)c1OC. The molecular formula is C34H30N2O6. The molecule has 2 aliphatic heterocycles. The van der Waals surface area contributed by atoms with E-state index in [1.54, 1.807) is 28.4 Å². The molecular weight excluding hydrogens is 532 g/mol. The smallest absolute Gasteiger partial charge is 0.195 e. The maximum atomic E-state index is 15.0. The Labute approximate surface area is 243 Å².